The Morgan fingerprint density at radius 3 is 2.85 bits per heavy atom. The lowest BCUT2D eigenvalue weighted by atomic mass is 10.2. The van der Waals surface area contributed by atoms with Crippen molar-refractivity contribution in [3.63, 3.8) is 0 Å². The van der Waals surface area contributed by atoms with Crippen molar-refractivity contribution >= 4 is 38.4 Å². The Labute approximate surface area is 125 Å². The maximum Gasteiger partial charge on any atom is 0.209 e. The molecule has 0 saturated heterocycles. The van der Waals surface area contributed by atoms with Crippen LogP contribution >= 0.6 is 15.9 Å². The molecule has 0 radical (unpaired) electrons. The predicted molar refractivity (Wildman–Crippen MR) is 84.1 cm³/mol. The van der Waals surface area contributed by atoms with Crippen LogP contribution in [0, 0.1) is 0 Å². The van der Waals surface area contributed by atoms with E-state index in [2.05, 4.69) is 41.7 Å². The highest BCUT2D eigenvalue weighted by Gasteiger charge is 2.18. The Bertz CT molecular complexity index is 774. The van der Waals surface area contributed by atoms with Gasteiger partial charge in [-0.1, -0.05) is 12.8 Å². The molecule has 1 aliphatic carbocycles. The van der Waals surface area contributed by atoms with Gasteiger partial charge in [-0.3, -0.25) is 4.40 Å². The summed E-state index contributed by atoms with van der Waals surface area (Å²) in [5.74, 6) is 0.892. The SMILES string of the molecule is Brc1c2cccnc2n2c(NC3CCCC3)nccc12. The standard InChI is InChI=1S/C15H15BrN4/c16-13-11-6-3-8-17-14(11)20-12(13)7-9-18-15(20)19-10-4-1-2-5-10/h3,6-10H,1-2,4-5H2,(H,18,19). The molecule has 5 heteroatoms. The lowest BCUT2D eigenvalue weighted by Crippen LogP contribution is -2.17. The van der Waals surface area contributed by atoms with E-state index in [4.69, 9.17) is 0 Å². The number of pyridine rings is 1. The topological polar surface area (TPSA) is 42.2 Å². The van der Waals surface area contributed by atoms with E-state index in [-0.39, 0.29) is 0 Å². The van der Waals surface area contributed by atoms with Gasteiger partial charge in [0.2, 0.25) is 5.95 Å². The van der Waals surface area contributed by atoms with Gasteiger partial charge < -0.3 is 5.32 Å². The van der Waals surface area contributed by atoms with Crippen LogP contribution in [0.4, 0.5) is 5.95 Å². The molecule has 4 rings (SSSR count). The molecule has 1 N–H and O–H groups in total. The van der Waals surface area contributed by atoms with Crippen LogP contribution in [0.5, 0.6) is 0 Å². The van der Waals surface area contributed by atoms with E-state index in [1.54, 1.807) is 0 Å². The van der Waals surface area contributed by atoms with Crippen molar-refractivity contribution in [2.45, 2.75) is 31.7 Å². The molecule has 3 aromatic heterocycles. The summed E-state index contributed by atoms with van der Waals surface area (Å²) in [7, 11) is 0. The van der Waals surface area contributed by atoms with Crippen molar-refractivity contribution in [2.24, 2.45) is 0 Å². The van der Waals surface area contributed by atoms with E-state index in [0.717, 1.165) is 27.0 Å². The molecular formula is C15H15BrN4. The highest BCUT2D eigenvalue weighted by molar-refractivity contribution is 9.10. The second kappa shape index (κ2) is 4.74. The number of nitrogens with one attached hydrogen (secondary N) is 1. The molecule has 0 aromatic carbocycles. The lowest BCUT2D eigenvalue weighted by Gasteiger charge is -2.14. The van der Waals surface area contributed by atoms with Crippen LogP contribution in [0.1, 0.15) is 25.7 Å². The van der Waals surface area contributed by atoms with Gasteiger partial charge in [0.05, 0.1) is 9.99 Å². The fourth-order valence-corrected chi connectivity index (χ4v) is 3.67. The number of rotatable bonds is 2. The van der Waals surface area contributed by atoms with E-state index < -0.39 is 0 Å². The molecule has 0 unspecified atom stereocenters. The Hall–Kier alpha value is -1.62. The van der Waals surface area contributed by atoms with Crippen LogP contribution < -0.4 is 5.32 Å². The molecule has 4 nitrogen and oxygen atoms in total. The van der Waals surface area contributed by atoms with Gasteiger partial charge in [-0.05, 0) is 47.0 Å². The van der Waals surface area contributed by atoms with E-state index in [9.17, 15) is 0 Å². The van der Waals surface area contributed by atoms with Gasteiger partial charge in [0, 0.05) is 23.8 Å². The third-order valence-electron chi connectivity index (χ3n) is 4.03. The zero-order valence-electron chi connectivity index (χ0n) is 11.0. The second-order valence-electron chi connectivity index (χ2n) is 5.30. The monoisotopic (exact) mass is 330 g/mol. The Morgan fingerprint density at radius 1 is 1.15 bits per heavy atom. The number of fused-ring (bicyclic) bond motifs is 3. The van der Waals surface area contributed by atoms with Crippen LogP contribution in [0.15, 0.2) is 35.1 Å². The summed E-state index contributed by atoms with van der Waals surface area (Å²) in [6.07, 6.45) is 8.76. The molecular weight excluding hydrogens is 316 g/mol. The summed E-state index contributed by atoms with van der Waals surface area (Å²) < 4.78 is 3.19. The first-order valence-electron chi connectivity index (χ1n) is 7.01. The van der Waals surface area contributed by atoms with Crippen molar-refractivity contribution in [3.05, 3.63) is 35.1 Å². The fraction of sp³-hybridized carbons (Fsp3) is 0.333. The van der Waals surface area contributed by atoms with E-state index >= 15 is 0 Å². The van der Waals surface area contributed by atoms with Crippen LogP contribution in [0.2, 0.25) is 0 Å². The van der Waals surface area contributed by atoms with E-state index in [1.165, 1.54) is 25.7 Å². The molecule has 3 aromatic rings. The quantitative estimate of drug-likeness (QED) is 0.772. The van der Waals surface area contributed by atoms with Crippen molar-refractivity contribution in [3.8, 4) is 0 Å². The van der Waals surface area contributed by atoms with Gasteiger partial charge in [-0.2, -0.15) is 0 Å². The van der Waals surface area contributed by atoms with Crippen molar-refractivity contribution in [1.29, 1.82) is 0 Å². The number of hydrogen-bond acceptors (Lipinski definition) is 3. The summed E-state index contributed by atoms with van der Waals surface area (Å²) in [5.41, 5.74) is 2.05. The smallest absolute Gasteiger partial charge is 0.209 e. The van der Waals surface area contributed by atoms with E-state index in [0.29, 0.717) is 6.04 Å². The first-order valence-corrected chi connectivity index (χ1v) is 7.80. The van der Waals surface area contributed by atoms with E-state index in [1.807, 2.05) is 24.5 Å². The molecule has 0 atom stereocenters. The van der Waals surface area contributed by atoms with Crippen LogP contribution in [0.25, 0.3) is 16.6 Å². The zero-order chi connectivity index (χ0) is 13.5. The predicted octanol–water partition coefficient (Wildman–Crippen LogP) is 4.00. The zero-order valence-corrected chi connectivity index (χ0v) is 12.6. The largest absolute Gasteiger partial charge is 0.353 e. The summed E-state index contributed by atoms with van der Waals surface area (Å²) in [6.45, 7) is 0. The Morgan fingerprint density at radius 2 is 2.00 bits per heavy atom. The average Bonchev–Trinajstić information content (AvgIpc) is 3.08. The average molecular weight is 331 g/mol. The minimum Gasteiger partial charge on any atom is -0.353 e. The normalized spacial score (nSPS) is 16.2. The first kappa shape index (κ1) is 12.1. The number of aromatic nitrogens is 3. The first-order chi connectivity index (χ1) is 9.84. The fourth-order valence-electron chi connectivity index (χ4n) is 3.05. The highest BCUT2D eigenvalue weighted by Crippen LogP contribution is 2.32. The van der Waals surface area contributed by atoms with Crippen LogP contribution in [-0.4, -0.2) is 20.4 Å². The summed E-state index contributed by atoms with van der Waals surface area (Å²) in [4.78, 5) is 9.04. The molecule has 20 heavy (non-hydrogen) atoms. The van der Waals surface area contributed by atoms with Crippen molar-refractivity contribution in [2.75, 3.05) is 5.32 Å². The van der Waals surface area contributed by atoms with Crippen LogP contribution in [0.3, 0.4) is 0 Å². The Balaban J connectivity index is 1.94. The Kier molecular flexibility index (Phi) is 2.88. The molecule has 0 spiro atoms. The number of hydrogen-bond donors (Lipinski definition) is 1. The minimum atomic E-state index is 0.535. The highest BCUT2D eigenvalue weighted by atomic mass is 79.9. The molecule has 0 bridgehead atoms. The molecule has 1 saturated carbocycles. The van der Waals surface area contributed by atoms with Crippen LogP contribution in [-0.2, 0) is 0 Å². The third-order valence-corrected chi connectivity index (χ3v) is 4.86. The molecule has 1 aliphatic rings. The molecule has 1 fully saturated rings. The second-order valence-corrected chi connectivity index (χ2v) is 6.10. The number of halogens is 1. The van der Waals surface area contributed by atoms with Gasteiger partial charge >= 0.3 is 0 Å². The van der Waals surface area contributed by atoms with Crippen molar-refractivity contribution in [1.82, 2.24) is 14.4 Å². The summed E-state index contributed by atoms with van der Waals surface area (Å²) >= 11 is 3.68. The van der Waals surface area contributed by atoms with Gasteiger partial charge in [0.15, 0.2) is 0 Å². The number of anilines is 1. The van der Waals surface area contributed by atoms with Gasteiger partial charge in [-0.25, -0.2) is 9.97 Å². The number of nitrogens with zero attached hydrogens (tertiary/aromatic N) is 3. The minimum absolute atomic E-state index is 0.535. The van der Waals surface area contributed by atoms with Gasteiger partial charge in [0.1, 0.15) is 5.65 Å². The summed E-state index contributed by atoms with van der Waals surface area (Å²) in [6, 6.07) is 6.60. The lowest BCUT2D eigenvalue weighted by molar-refractivity contribution is 0.742. The maximum atomic E-state index is 4.52. The van der Waals surface area contributed by atoms with Crippen molar-refractivity contribution < 1.29 is 0 Å². The summed E-state index contributed by atoms with van der Waals surface area (Å²) in [5, 5.41) is 4.70. The third kappa shape index (κ3) is 1.80. The molecule has 102 valence electrons. The molecule has 0 aliphatic heterocycles. The maximum absolute atomic E-state index is 4.52. The van der Waals surface area contributed by atoms with Gasteiger partial charge in [-0.15, -0.1) is 0 Å². The molecule has 3 heterocycles. The molecule has 0 amide bonds. The van der Waals surface area contributed by atoms with Gasteiger partial charge in [0.25, 0.3) is 0 Å².